The van der Waals surface area contributed by atoms with Crippen LogP contribution in [0, 0.1) is 5.82 Å². The minimum absolute atomic E-state index is 0.0331. The monoisotopic (exact) mass is 361 g/mol. The van der Waals surface area contributed by atoms with Gasteiger partial charge in [0.15, 0.2) is 0 Å². The number of nitrogens with one attached hydrogen (secondary N) is 1. The van der Waals surface area contributed by atoms with Crippen LogP contribution >= 0.6 is 0 Å². The van der Waals surface area contributed by atoms with E-state index in [0.29, 0.717) is 11.2 Å². The Balaban J connectivity index is 1.87. The molecule has 2 fully saturated rings. The van der Waals surface area contributed by atoms with Gasteiger partial charge in [0.25, 0.3) is 5.56 Å². The summed E-state index contributed by atoms with van der Waals surface area (Å²) >= 11 is 0. The second-order valence-corrected chi connectivity index (χ2v) is 7.54. The Morgan fingerprint density at radius 3 is 2.35 bits per heavy atom. The minimum atomic E-state index is -0.873. The van der Waals surface area contributed by atoms with Crippen molar-refractivity contribution < 1.29 is 9.60 Å². The molecule has 0 amide bonds. The lowest BCUT2D eigenvalue weighted by atomic mass is 9.95. The molecule has 26 heavy (non-hydrogen) atoms. The third-order valence-electron chi connectivity index (χ3n) is 5.81. The summed E-state index contributed by atoms with van der Waals surface area (Å²) in [4.78, 5) is 24.8. The van der Waals surface area contributed by atoms with Gasteiger partial charge in [0.1, 0.15) is 5.82 Å². The van der Waals surface area contributed by atoms with E-state index < -0.39 is 17.1 Å². The summed E-state index contributed by atoms with van der Waals surface area (Å²) in [6.07, 6.45) is 9.05. The third-order valence-corrected chi connectivity index (χ3v) is 5.81. The number of nitrogens with zero attached hydrogens (tertiary/aromatic N) is 2. The van der Waals surface area contributed by atoms with Crippen LogP contribution in [0.15, 0.2) is 21.7 Å². The molecule has 0 radical (unpaired) electrons. The van der Waals surface area contributed by atoms with Gasteiger partial charge in [0, 0.05) is 12.1 Å². The zero-order valence-corrected chi connectivity index (χ0v) is 14.7. The van der Waals surface area contributed by atoms with Gasteiger partial charge in [-0.15, -0.1) is 0 Å². The van der Waals surface area contributed by atoms with Gasteiger partial charge < -0.3 is 10.5 Å². The first kappa shape index (κ1) is 17.1. The molecule has 6 nitrogen and oxygen atoms in total. The molecule has 7 heteroatoms. The molecule has 0 atom stereocenters. The highest BCUT2D eigenvalue weighted by atomic mass is 19.1. The Labute approximate surface area is 150 Å². The molecule has 1 aromatic carbocycles. The normalized spacial score (nSPS) is 19.3. The van der Waals surface area contributed by atoms with Crippen molar-refractivity contribution in [3.8, 4) is 0 Å². The zero-order valence-electron chi connectivity index (χ0n) is 14.7. The fraction of sp³-hybridized carbons (Fsp3) is 0.579. The van der Waals surface area contributed by atoms with Crippen LogP contribution in [0.1, 0.15) is 63.8 Å². The maximum absolute atomic E-state index is 14.6. The van der Waals surface area contributed by atoms with Crippen LogP contribution in [0.3, 0.4) is 0 Å². The summed E-state index contributed by atoms with van der Waals surface area (Å²) in [5, 5.41) is 13.2. The minimum Gasteiger partial charge on any atom is -0.421 e. The van der Waals surface area contributed by atoms with Gasteiger partial charge in [-0.2, -0.15) is 0 Å². The summed E-state index contributed by atoms with van der Waals surface area (Å²) < 4.78 is 16.2. The van der Waals surface area contributed by atoms with Gasteiger partial charge in [-0.05, 0) is 37.8 Å². The highest BCUT2D eigenvalue weighted by molar-refractivity contribution is 5.82. The predicted molar refractivity (Wildman–Crippen MR) is 97.6 cm³/mol. The Morgan fingerprint density at radius 2 is 1.65 bits per heavy atom. The van der Waals surface area contributed by atoms with Crippen LogP contribution < -0.4 is 16.6 Å². The summed E-state index contributed by atoms with van der Waals surface area (Å²) in [5.74, 6) is -0.531. The van der Waals surface area contributed by atoms with E-state index in [2.05, 4.69) is 5.32 Å². The van der Waals surface area contributed by atoms with Gasteiger partial charge in [0.2, 0.25) is 0 Å². The van der Waals surface area contributed by atoms with Crippen molar-refractivity contribution in [3.05, 3.63) is 38.8 Å². The molecule has 0 aliphatic heterocycles. The van der Waals surface area contributed by atoms with Gasteiger partial charge in [-0.1, -0.05) is 36.8 Å². The van der Waals surface area contributed by atoms with Gasteiger partial charge in [-0.3, -0.25) is 9.36 Å². The number of halogens is 1. The van der Waals surface area contributed by atoms with E-state index in [1.807, 2.05) is 0 Å². The molecule has 1 aromatic heterocycles. The zero-order chi connectivity index (χ0) is 18.3. The van der Waals surface area contributed by atoms with E-state index in [4.69, 9.17) is 0 Å². The Morgan fingerprint density at radius 1 is 1.00 bits per heavy atom. The van der Waals surface area contributed by atoms with E-state index in [9.17, 15) is 19.2 Å². The Kier molecular flexibility index (Phi) is 4.46. The van der Waals surface area contributed by atoms with E-state index in [1.54, 1.807) is 6.07 Å². The first-order valence-electron chi connectivity index (χ1n) is 9.53. The number of hydrogen-bond acceptors (Lipinski definition) is 4. The molecule has 2 aliphatic carbocycles. The number of benzene rings is 1. The van der Waals surface area contributed by atoms with E-state index >= 15 is 0 Å². The van der Waals surface area contributed by atoms with E-state index in [1.165, 1.54) is 11.0 Å². The summed E-state index contributed by atoms with van der Waals surface area (Å²) in [5.41, 5.74) is -0.894. The summed E-state index contributed by atoms with van der Waals surface area (Å²) in [6.45, 7) is 0. The molecule has 1 heterocycles. The SMILES string of the molecule is O=c1c2cc(F)c(NC3CCCCC3)cc2n(C2CCCC2)c(=O)n1O. The summed E-state index contributed by atoms with van der Waals surface area (Å²) in [7, 11) is 0. The predicted octanol–water partition coefficient (Wildman–Crippen LogP) is 3.40. The molecule has 4 rings (SSSR count). The van der Waals surface area contributed by atoms with Crippen molar-refractivity contribution in [1.82, 2.24) is 9.30 Å². The van der Waals surface area contributed by atoms with Crippen molar-refractivity contribution in [2.45, 2.75) is 69.9 Å². The van der Waals surface area contributed by atoms with Crippen LogP contribution in [-0.2, 0) is 0 Å². The van der Waals surface area contributed by atoms with Crippen molar-refractivity contribution in [3.63, 3.8) is 0 Å². The molecular weight excluding hydrogens is 337 g/mol. The Bertz CT molecular complexity index is 938. The van der Waals surface area contributed by atoms with Crippen LogP contribution in [-0.4, -0.2) is 20.5 Å². The first-order chi connectivity index (χ1) is 12.6. The van der Waals surface area contributed by atoms with Crippen molar-refractivity contribution >= 4 is 16.6 Å². The number of hydrogen-bond donors (Lipinski definition) is 2. The van der Waals surface area contributed by atoms with E-state index in [0.717, 1.165) is 57.4 Å². The topological polar surface area (TPSA) is 76.3 Å². The van der Waals surface area contributed by atoms with Crippen molar-refractivity contribution in [2.24, 2.45) is 0 Å². The molecule has 2 saturated carbocycles. The second kappa shape index (κ2) is 6.78. The third kappa shape index (κ3) is 2.89. The van der Waals surface area contributed by atoms with Crippen molar-refractivity contribution in [2.75, 3.05) is 5.32 Å². The second-order valence-electron chi connectivity index (χ2n) is 7.54. The van der Waals surface area contributed by atoms with Crippen LogP contribution in [0.2, 0.25) is 0 Å². The number of anilines is 1. The van der Waals surface area contributed by atoms with Crippen LogP contribution in [0.5, 0.6) is 0 Å². The largest absolute Gasteiger partial charge is 0.421 e. The smallest absolute Gasteiger partial charge is 0.365 e. The molecule has 2 aromatic rings. The van der Waals surface area contributed by atoms with Gasteiger partial charge >= 0.3 is 5.69 Å². The van der Waals surface area contributed by atoms with Crippen LogP contribution in [0.4, 0.5) is 10.1 Å². The average molecular weight is 361 g/mol. The van der Waals surface area contributed by atoms with Crippen LogP contribution in [0.25, 0.3) is 10.9 Å². The number of aromatic nitrogens is 2. The quantitative estimate of drug-likeness (QED) is 0.822. The molecule has 0 bridgehead atoms. The highest BCUT2D eigenvalue weighted by Crippen LogP contribution is 2.32. The van der Waals surface area contributed by atoms with Gasteiger partial charge in [0.05, 0.1) is 16.6 Å². The average Bonchev–Trinajstić information content (AvgIpc) is 3.17. The molecule has 0 spiro atoms. The number of fused-ring (bicyclic) bond motifs is 1. The standard InChI is InChI=1S/C19H24FN3O3/c20-15-10-14-17(11-16(15)21-12-6-2-1-3-7-12)22(13-8-4-5-9-13)19(25)23(26)18(14)24/h10-13,21,26H,1-9H2. The molecule has 2 aliphatic rings. The lowest BCUT2D eigenvalue weighted by Crippen LogP contribution is -2.40. The molecule has 0 saturated heterocycles. The molecule has 2 N–H and O–H groups in total. The highest BCUT2D eigenvalue weighted by Gasteiger charge is 2.24. The fourth-order valence-electron chi connectivity index (χ4n) is 4.43. The Hall–Kier alpha value is -2.31. The van der Waals surface area contributed by atoms with Crippen molar-refractivity contribution in [1.29, 1.82) is 0 Å². The summed E-state index contributed by atoms with van der Waals surface area (Å²) in [6, 6.07) is 2.85. The maximum atomic E-state index is 14.6. The molecule has 0 unspecified atom stereocenters. The lowest BCUT2D eigenvalue weighted by Gasteiger charge is -2.25. The lowest BCUT2D eigenvalue weighted by molar-refractivity contribution is 0.155. The molecule has 140 valence electrons. The maximum Gasteiger partial charge on any atom is 0.365 e. The molecular formula is C19H24FN3O3. The number of rotatable bonds is 3. The fourth-order valence-corrected chi connectivity index (χ4v) is 4.43. The first-order valence-corrected chi connectivity index (χ1v) is 9.53. The van der Waals surface area contributed by atoms with E-state index in [-0.39, 0.29) is 22.2 Å². The van der Waals surface area contributed by atoms with Gasteiger partial charge in [-0.25, -0.2) is 9.18 Å².